The number of piperidine rings is 3. The van der Waals surface area contributed by atoms with Gasteiger partial charge in [-0.15, -0.1) is 11.3 Å². The number of hydrogen-bond acceptors (Lipinski definition) is 5. The molecule has 0 aliphatic carbocycles. The summed E-state index contributed by atoms with van der Waals surface area (Å²) < 4.78 is 0.923. The van der Waals surface area contributed by atoms with Crippen molar-refractivity contribution in [1.29, 1.82) is 0 Å². The third-order valence-corrected chi connectivity index (χ3v) is 6.42. The molecule has 3 fully saturated rings. The summed E-state index contributed by atoms with van der Waals surface area (Å²) in [6.45, 7) is 4.43. The van der Waals surface area contributed by atoms with Crippen molar-refractivity contribution in [3.63, 3.8) is 0 Å². The summed E-state index contributed by atoms with van der Waals surface area (Å²) in [5, 5.41) is 5.86. The molecule has 3 aliphatic rings. The number of aromatic nitrogens is 1. The van der Waals surface area contributed by atoms with Gasteiger partial charge < -0.3 is 11.1 Å². The highest BCUT2D eigenvalue weighted by atomic mass is 32.1. The summed E-state index contributed by atoms with van der Waals surface area (Å²) in [5.74, 6) is 4.82. The zero-order chi connectivity index (χ0) is 18.3. The third-order valence-electron chi connectivity index (χ3n) is 5.49. The molecular formula is C19H20N4O2S. The van der Waals surface area contributed by atoms with E-state index in [-0.39, 0.29) is 11.9 Å². The molecule has 0 unspecified atom stereocenters. The average Bonchev–Trinajstić information content (AvgIpc) is 3.05. The third kappa shape index (κ3) is 3.06. The lowest BCUT2D eigenvalue weighted by Gasteiger charge is -2.49. The van der Waals surface area contributed by atoms with E-state index in [1.165, 1.54) is 11.3 Å². The van der Waals surface area contributed by atoms with E-state index in [2.05, 4.69) is 34.0 Å². The topological polar surface area (TPSA) is 88.3 Å². The molecule has 2 aromatic heterocycles. The monoisotopic (exact) mass is 368 g/mol. The van der Waals surface area contributed by atoms with Crippen LogP contribution in [-0.2, 0) is 4.79 Å². The first-order valence-corrected chi connectivity index (χ1v) is 9.64. The van der Waals surface area contributed by atoms with E-state index in [0.717, 1.165) is 36.0 Å². The van der Waals surface area contributed by atoms with Crippen LogP contribution in [0.5, 0.6) is 0 Å². The molecule has 5 heterocycles. The number of amides is 2. The Kier molecular flexibility index (Phi) is 4.39. The fourth-order valence-electron chi connectivity index (χ4n) is 4.05. The molecule has 2 atom stereocenters. The van der Waals surface area contributed by atoms with Gasteiger partial charge in [-0.2, -0.15) is 0 Å². The van der Waals surface area contributed by atoms with Gasteiger partial charge in [0.2, 0.25) is 0 Å². The Hall–Kier alpha value is -2.43. The fourth-order valence-corrected chi connectivity index (χ4v) is 4.89. The van der Waals surface area contributed by atoms with Crippen LogP contribution in [0.15, 0.2) is 17.6 Å². The van der Waals surface area contributed by atoms with Crippen LogP contribution >= 0.6 is 11.3 Å². The van der Waals surface area contributed by atoms with Crippen molar-refractivity contribution >= 4 is 33.2 Å². The zero-order valence-corrected chi connectivity index (χ0v) is 15.3. The Morgan fingerprint density at radius 1 is 1.38 bits per heavy atom. The summed E-state index contributed by atoms with van der Waals surface area (Å²) in [6.07, 6.45) is 3.96. The van der Waals surface area contributed by atoms with Crippen molar-refractivity contribution < 1.29 is 9.59 Å². The first kappa shape index (κ1) is 17.0. The van der Waals surface area contributed by atoms with Crippen LogP contribution in [0.2, 0.25) is 0 Å². The number of primary amides is 1. The molecule has 0 spiro atoms. The minimum atomic E-state index is -0.673. The standard InChI is InChI=1S/C19H20N4O2S/c1-11-18(12-4-6-23(11)7-5-12)22-19(25)15-8-14-13(2-3-17(20)24)10-26-16(14)9-21-15/h8-12,18H,4-7H2,1H3,(H2,20,24)(H,22,25)/t11-,18+/m1/s1. The number of carbonyl (C=O) groups is 2. The molecule has 7 heteroatoms. The van der Waals surface area contributed by atoms with E-state index in [0.29, 0.717) is 23.2 Å². The zero-order valence-electron chi connectivity index (χ0n) is 14.5. The number of carbonyl (C=O) groups excluding carboxylic acids is 2. The number of fused-ring (bicyclic) bond motifs is 4. The Morgan fingerprint density at radius 3 is 2.85 bits per heavy atom. The van der Waals surface area contributed by atoms with Crippen molar-refractivity contribution in [2.75, 3.05) is 13.1 Å². The molecule has 0 saturated carbocycles. The molecule has 3 aliphatic heterocycles. The molecule has 26 heavy (non-hydrogen) atoms. The maximum atomic E-state index is 12.8. The molecule has 134 valence electrons. The number of nitrogens with zero attached hydrogens (tertiary/aromatic N) is 2. The first-order valence-electron chi connectivity index (χ1n) is 8.76. The first-order chi connectivity index (χ1) is 12.5. The highest BCUT2D eigenvalue weighted by molar-refractivity contribution is 7.17. The van der Waals surface area contributed by atoms with Crippen molar-refractivity contribution in [2.24, 2.45) is 11.7 Å². The predicted octanol–water partition coefficient (Wildman–Crippen LogP) is 1.35. The van der Waals surface area contributed by atoms with Crippen LogP contribution in [0, 0.1) is 17.8 Å². The van der Waals surface area contributed by atoms with Gasteiger partial charge in [-0.05, 0) is 44.8 Å². The Bertz CT molecular complexity index is 932. The lowest BCUT2D eigenvalue weighted by atomic mass is 9.79. The van der Waals surface area contributed by atoms with Crippen LogP contribution in [0.25, 0.3) is 10.1 Å². The van der Waals surface area contributed by atoms with Gasteiger partial charge in [0, 0.05) is 40.5 Å². The molecule has 3 N–H and O–H groups in total. The molecule has 2 aromatic rings. The Balaban J connectivity index is 1.58. The van der Waals surface area contributed by atoms with Gasteiger partial charge in [0.1, 0.15) is 5.69 Å². The molecule has 2 bridgehead atoms. The van der Waals surface area contributed by atoms with Gasteiger partial charge in [-0.3, -0.25) is 14.5 Å². The summed E-state index contributed by atoms with van der Waals surface area (Å²) in [5.41, 5.74) is 6.16. The minimum absolute atomic E-state index is 0.155. The minimum Gasteiger partial charge on any atom is -0.359 e. The van der Waals surface area contributed by atoms with Gasteiger partial charge in [0.25, 0.3) is 11.8 Å². The molecule has 6 nitrogen and oxygen atoms in total. The summed E-state index contributed by atoms with van der Waals surface area (Å²) in [6, 6.07) is 2.27. The second kappa shape index (κ2) is 6.71. The van der Waals surface area contributed by atoms with Crippen LogP contribution in [0.3, 0.4) is 0 Å². The number of rotatable bonds is 2. The number of pyridine rings is 1. The smallest absolute Gasteiger partial charge is 0.293 e. The Morgan fingerprint density at radius 2 is 2.15 bits per heavy atom. The lowest BCUT2D eigenvalue weighted by molar-refractivity contribution is -0.112. The highest BCUT2D eigenvalue weighted by Crippen LogP contribution is 2.32. The van der Waals surface area contributed by atoms with Crippen LogP contribution in [0.4, 0.5) is 0 Å². The maximum Gasteiger partial charge on any atom is 0.293 e. The molecular weight excluding hydrogens is 348 g/mol. The van der Waals surface area contributed by atoms with E-state index in [4.69, 9.17) is 5.73 Å². The highest BCUT2D eigenvalue weighted by Gasteiger charge is 2.40. The van der Waals surface area contributed by atoms with E-state index < -0.39 is 5.91 Å². The van der Waals surface area contributed by atoms with E-state index in [9.17, 15) is 9.59 Å². The van der Waals surface area contributed by atoms with Crippen LogP contribution in [0.1, 0.15) is 35.8 Å². The summed E-state index contributed by atoms with van der Waals surface area (Å²) in [7, 11) is 0. The van der Waals surface area contributed by atoms with E-state index in [1.807, 2.05) is 5.38 Å². The van der Waals surface area contributed by atoms with Gasteiger partial charge in [0.15, 0.2) is 0 Å². The second-order valence-electron chi connectivity index (χ2n) is 6.94. The fraction of sp³-hybridized carbons (Fsp3) is 0.421. The predicted molar refractivity (Wildman–Crippen MR) is 101 cm³/mol. The van der Waals surface area contributed by atoms with Crippen molar-refractivity contribution in [3.05, 3.63) is 28.9 Å². The van der Waals surface area contributed by atoms with Crippen molar-refractivity contribution in [3.8, 4) is 11.8 Å². The van der Waals surface area contributed by atoms with Gasteiger partial charge in [0.05, 0.1) is 4.70 Å². The van der Waals surface area contributed by atoms with Gasteiger partial charge in [-0.25, -0.2) is 4.98 Å². The molecule has 0 aromatic carbocycles. The average molecular weight is 368 g/mol. The SMILES string of the molecule is C[C@@H]1[C@H](NC(=O)c2cc3c(C#CC(N)=O)csc3cn2)C2CCN1CC2. The second-order valence-corrected chi connectivity index (χ2v) is 7.85. The quantitative estimate of drug-likeness (QED) is 0.783. The van der Waals surface area contributed by atoms with Crippen molar-refractivity contribution in [2.45, 2.75) is 31.8 Å². The molecule has 0 radical (unpaired) electrons. The number of hydrogen-bond donors (Lipinski definition) is 2. The van der Waals surface area contributed by atoms with Gasteiger partial charge in [-0.1, -0.05) is 5.92 Å². The van der Waals surface area contributed by atoms with Crippen LogP contribution in [-0.4, -0.2) is 46.9 Å². The number of nitrogens with one attached hydrogen (secondary N) is 1. The molecule has 2 amide bonds. The molecule has 3 saturated heterocycles. The Labute approximate surface area is 155 Å². The lowest BCUT2D eigenvalue weighted by Crippen LogP contribution is -2.62. The molecule has 5 rings (SSSR count). The normalized spacial score (nSPS) is 27.0. The maximum absolute atomic E-state index is 12.8. The number of thiophene rings is 1. The van der Waals surface area contributed by atoms with Crippen LogP contribution < -0.4 is 11.1 Å². The largest absolute Gasteiger partial charge is 0.359 e. The summed E-state index contributed by atoms with van der Waals surface area (Å²) >= 11 is 1.48. The summed E-state index contributed by atoms with van der Waals surface area (Å²) in [4.78, 5) is 30.4. The van der Waals surface area contributed by atoms with Gasteiger partial charge >= 0.3 is 0 Å². The van der Waals surface area contributed by atoms with E-state index >= 15 is 0 Å². The van der Waals surface area contributed by atoms with E-state index in [1.54, 1.807) is 12.3 Å². The number of nitrogens with two attached hydrogens (primary N) is 1. The van der Waals surface area contributed by atoms with Crippen molar-refractivity contribution in [1.82, 2.24) is 15.2 Å².